The first-order valence-electron chi connectivity index (χ1n) is 12.5. The average molecular weight is 518 g/mol. The molecule has 1 N–H and O–H groups in total. The van der Waals surface area contributed by atoms with Crippen LogP contribution < -0.4 is 5.32 Å². The summed E-state index contributed by atoms with van der Waals surface area (Å²) in [7, 11) is 0. The molecule has 0 spiro atoms. The van der Waals surface area contributed by atoms with Gasteiger partial charge in [0.15, 0.2) is 6.29 Å². The molecule has 38 heavy (non-hydrogen) atoms. The van der Waals surface area contributed by atoms with E-state index in [4.69, 9.17) is 18.9 Å². The van der Waals surface area contributed by atoms with Gasteiger partial charge in [-0.3, -0.25) is 4.79 Å². The number of ether oxygens (including phenoxy) is 4. The second-order valence-electron chi connectivity index (χ2n) is 9.13. The van der Waals surface area contributed by atoms with Crippen molar-refractivity contribution in [3.63, 3.8) is 0 Å². The van der Waals surface area contributed by atoms with E-state index in [1.165, 1.54) is 6.92 Å². The van der Waals surface area contributed by atoms with Crippen molar-refractivity contribution in [3.8, 4) is 0 Å². The van der Waals surface area contributed by atoms with Crippen LogP contribution >= 0.6 is 0 Å². The van der Waals surface area contributed by atoms with Crippen LogP contribution in [-0.2, 0) is 30.3 Å². The molecule has 1 aliphatic rings. The Balaban J connectivity index is 1.56. The molecule has 0 aliphatic carbocycles. The maximum atomic E-state index is 13.0. The van der Waals surface area contributed by atoms with Gasteiger partial charge in [0, 0.05) is 12.8 Å². The highest BCUT2D eigenvalue weighted by molar-refractivity contribution is 5.90. The zero-order chi connectivity index (χ0) is 26.9. The number of hydrogen-bond acceptors (Lipinski definition) is 7. The molecular formula is C30H31NO7. The first-order valence-corrected chi connectivity index (χ1v) is 12.5. The fraction of sp³-hybridized carbons (Fsp3) is 0.300. The Morgan fingerprint density at radius 3 is 1.95 bits per heavy atom. The molecule has 1 heterocycles. The molecule has 0 radical (unpaired) electrons. The Morgan fingerprint density at radius 2 is 1.37 bits per heavy atom. The molecule has 1 fully saturated rings. The van der Waals surface area contributed by atoms with Crippen LogP contribution in [0.4, 0.5) is 0 Å². The molecule has 1 amide bonds. The number of rotatable bonds is 9. The van der Waals surface area contributed by atoms with Gasteiger partial charge in [-0.1, -0.05) is 73.7 Å². The largest absolute Gasteiger partial charge is 0.459 e. The standard InChI is InChI=1S/C30H31NO7/c1-20-25(19-35-28(33)23-14-8-4-9-15-23)37-30(36-18-22-12-6-3-7-13-22)26(31-21(2)32)27(20)38-29(34)24-16-10-5-11-17-24/h3-17,20,25-27,30H,18-19H2,1-2H3,(H,31,32)/t20-,25?,26?,27+,30-/m1/s1. The zero-order valence-electron chi connectivity index (χ0n) is 21.3. The van der Waals surface area contributed by atoms with E-state index in [1.807, 2.05) is 43.3 Å². The number of nitrogens with one attached hydrogen (secondary N) is 1. The molecule has 1 aliphatic heterocycles. The van der Waals surface area contributed by atoms with Gasteiger partial charge in [0.2, 0.25) is 5.91 Å². The van der Waals surface area contributed by atoms with Crippen LogP contribution in [0.1, 0.15) is 40.1 Å². The maximum absolute atomic E-state index is 13.0. The van der Waals surface area contributed by atoms with Crippen molar-refractivity contribution in [2.45, 2.75) is 45.0 Å². The minimum Gasteiger partial charge on any atom is -0.459 e. The number of carbonyl (C=O) groups is 3. The number of carbonyl (C=O) groups excluding carboxylic acids is 3. The summed E-state index contributed by atoms with van der Waals surface area (Å²) < 4.78 is 23.8. The number of esters is 2. The summed E-state index contributed by atoms with van der Waals surface area (Å²) in [5.41, 5.74) is 1.69. The molecule has 3 aromatic carbocycles. The summed E-state index contributed by atoms with van der Waals surface area (Å²) in [6, 6.07) is 26.0. The summed E-state index contributed by atoms with van der Waals surface area (Å²) in [5.74, 6) is -1.81. The Morgan fingerprint density at radius 1 is 0.816 bits per heavy atom. The summed E-state index contributed by atoms with van der Waals surface area (Å²) in [5, 5.41) is 2.84. The Kier molecular flexibility index (Phi) is 9.24. The molecule has 1 saturated heterocycles. The van der Waals surface area contributed by atoms with E-state index < -0.39 is 42.4 Å². The van der Waals surface area contributed by atoms with E-state index in [0.717, 1.165) is 5.56 Å². The van der Waals surface area contributed by atoms with Gasteiger partial charge in [0.05, 0.1) is 17.7 Å². The third-order valence-electron chi connectivity index (χ3n) is 6.33. The summed E-state index contributed by atoms with van der Waals surface area (Å²) in [4.78, 5) is 37.8. The summed E-state index contributed by atoms with van der Waals surface area (Å²) in [6.45, 7) is 3.31. The second kappa shape index (κ2) is 13.0. The molecule has 2 unspecified atom stereocenters. The molecule has 0 bridgehead atoms. The maximum Gasteiger partial charge on any atom is 0.338 e. The van der Waals surface area contributed by atoms with Gasteiger partial charge in [-0.15, -0.1) is 0 Å². The molecule has 8 nitrogen and oxygen atoms in total. The van der Waals surface area contributed by atoms with Crippen molar-refractivity contribution in [3.05, 3.63) is 108 Å². The monoisotopic (exact) mass is 517 g/mol. The molecule has 5 atom stereocenters. The topological polar surface area (TPSA) is 100 Å². The lowest BCUT2D eigenvalue weighted by molar-refractivity contribution is -0.258. The Hall–Kier alpha value is -4.01. The van der Waals surface area contributed by atoms with E-state index in [9.17, 15) is 14.4 Å². The minimum absolute atomic E-state index is 0.0910. The lowest BCUT2D eigenvalue weighted by Gasteiger charge is -2.44. The lowest BCUT2D eigenvalue weighted by Crippen LogP contribution is -2.63. The minimum atomic E-state index is -0.968. The quantitative estimate of drug-likeness (QED) is 0.426. The highest BCUT2D eigenvalue weighted by atomic mass is 16.7. The zero-order valence-corrected chi connectivity index (χ0v) is 21.3. The fourth-order valence-electron chi connectivity index (χ4n) is 4.31. The van der Waals surface area contributed by atoms with Gasteiger partial charge in [-0.25, -0.2) is 9.59 Å². The van der Waals surface area contributed by atoms with Crippen LogP contribution in [0.2, 0.25) is 0 Å². The number of hydrogen-bond donors (Lipinski definition) is 1. The predicted octanol–water partition coefficient (Wildman–Crippen LogP) is 4.15. The third kappa shape index (κ3) is 7.06. The van der Waals surface area contributed by atoms with Gasteiger partial charge < -0.3 is 24.3 Å². The molecule has 0 saturated carbocycles. The van der Waals surface area contributed by atoms with E-state index in [-0.39, 0.29) is 19.1 Å². The van der Waals surface area contributed by atoms with Gasteiger partial charge in [0.25, 0.3) is 0 Å². The van der Waals surface area contributed by atoms with E-state index >= 15 is 0 Å². The molecule has 3 aromatic rings. The van der Waals surface area contributed by atoms with Crippen LogP contribution in [0.5, 0.6) is 0 Å². The molecule has 8 heteroatoms. The van der Waals surface area contributed by atoms with Gasteiger partial charge >= 0.3 is 11.9 Å². The highest BCUT2D eigenvalue weighted by Gasteiger charge is 2.47. The van der Waals surface area contributed by atoms with Crippen LogP contribution in [-0.4, -0.2) is 49.0 Å². The molecule has 0 aromatic heterocycles. The fourth-order valence-corrected chi connectivity index (χ4v) is 4.31. The van der Waals surface area contributed by atoms with Crippen molar-refractivity contribution in [1.82, 2.24) is 5.32 Å². The average Bonchev–Trinajstić information content (AvgIpc) is 2.95. The van der Waals surface area contributed by atoms with Crippen LogP contribution in [0.3, 0.4) is 0 Å². The van der Waals surface area contributed by atoms with E-state index in [0.29, 0.717) is 11.1 Å². The van der Waals surface area contributed by atoms with Crippen molar-refractivity contribution in [2.24, 2.45) is 5.92 Å². The van der Waals surface area contributed by atoms with Crippen LogP contribution in [0.15, 0.2) is 91.0 Å². The number of benzene rings is 3. The Labute approximate surface area is 221 Å². The van der Waals surface area contributed by atoms with Crippen LogP contribution in [0.25, 0.3) is 0 Å². The SMILES string of the molecule is CC(=O)NC1[C@H](OCc2ccccc2)OC(COC(=O)c2ccccc2)[C@@H](C)[C@@H]1OC(=O)c1ccccc1. The third-order valence-corrected chi connectivity index (χ3v) is 6.33. The molecular weight excluding hydrogens is 486 g/mol. The van der Waals surface area contributed by atoms with Gasteiger partial charge in [-0.2, -0.15) is 0 Å². The van der Waals surface area contributed by atoms with Crippen molar-refractivity contribution in [2.75, 3.05) is 6.61 Å². The smallest absolute Gasteiger partial charge is 0.338 e. The van der Waals surface area contributed by atoms with Crippen molar-refractivity contribution in [1.29, 1.82) is 0 Å². The molecule has 4 rings (SSSR count). The normalized spacial score (nSPS) is 22.7. The van der Waals surface area contributed by atoms with Crippen LogP contribution in [0, 0.1) is 5.92 Å². The lowest BCUT2D eigenvalue weighted by atomic mass is 9.89. The summed E-state index contributed by atoms with van der Waals surface area (Å²) >= 11 is 0. The predicted molar refractivity (Wildman–Crippen MR) is 139 cm³/mol. The first kappa shape index (κ1) is 27.0. The second-order valence-corrected chi connectivity index (χ2v) is 9.13. The first-order chi connectivity index (χ1) is 18.4. The van der Waals surface area contributed by atoms with E-state index in [2.05, 4.69) is 5.32 Å². The van der Waals surface area contributed by atoms with E-state index in [1.54, 1.807) is 54.6 Å². The summed E-state index contributed by atoms with van der Waals surface area (Å²) in [6.07, 6.45) is -2.45. The number of amides is 1. The van der Waals surface area contributed by atoms with Gasteiger partial charge in [-0.05, 0) is 29.8 Å². The van der Waals surface area contributed by atoms with Crippen molar-refractivity contribution < 1.29 is 33.3 Å². The highest BCUT2D eigenvalue weighted by Crippen LogP contribution is 2.31. The van der Waals surface area contributed by atoms with Crippen molar-refractivity contribution >= 4 is 17.8 Å². The Bertz CT molecular complexity index is 1200. The molecule has 198 valence electrons. The van der Waals surface area contributed by atoms with Gasteiger partial charge in [0.1, 0.15) is 24.9 Å².